The molecular formula is C12H17N3O. The van der Waals surface area contributed by atoms with Crippen molar-refractivity contribution in [3.05, 3.63) is 41.1 Å². The Morgan fingerprint density at radius 2 is 2.31 bits per heavy atom. The van der Waals surface area contributed by atoms with Gasteiger partial charge in [-0.15, -0.1) is 0 Å². The molecule has 2 aromatic rings. The third-order valence-corrected chi connectivity index (χ3v) is 2.63. The zero-order valence-corrected chi connectivity index (χ0v) is 9.87. The second kappa shape index (κ2) is 4.53. The number of nitrogens with zero attached hydrogens (tertiary/aromatic N) is 1. The lowest BCUT2D eigenvalue weighted by Gasteiger charge is -2.15. The third-order valence-electron chi connectivity index (χ3n) is 2.63. The van der Waals surface area contributed by atoms with Crippen molar-refractivity contribution in [2.24, 2.45) is 0 Å². The molecule has 0 aromatic carbocycles. The van der Waals surface area contributed by atoms with Gasteiger partial charge in [0.1, 0.15) is 11.5 Å². The molecule has 0 amide bonds. The van der Waals surface area contributed by atoms with Crippen LogP contribution in [-0.4, -0.2) is 16.7 Å². The lowest BCUT2D eigenvalue weighted by molar-refractivity contribution is 0.494. The average Bonchev–Trinajstić information content (AvgIpc) is 2.85. The van der Waals surface area contributed by atoms with Gasteiger partial charge in [-0.25, -0.2) is 0 Å². The van der Waals surface area contributed by atoms with Gasteiger partial charge in [0.2, 0.25) is 0 Å². The van der Waals surface area contributed by atoms with Crippen molar-refractivity contribution in [1.82, 2.24) is 15.5 Å². The quantitative estimate of drug-likeness (QED) is 0.829. The van der Waals surface area contributed by atoms with Crippen LogP contribution in [0.2, 0.25) is 0 Å². The maximum Gasteiger partial charge on any atom is 0.106 e. The topological polar surface area (TPSA) is 53.9 Å². The molecule has 0 aliphatic heterocycles. The summed E-state index contributed by atoms with van der Waals surface area (Å²) >= 11 is 0. The summed E-state index contributed by atoms with van der Waals surface area (Å²) in [5.41, 5.74) is 2.23. The van der Waals surface area contributed by atoms with Gasteiger partial charge in [0.15, 0.2) is 0 Å². The van der Waals surface area contributed by atoms with Crippen molar-refractivity contribution >= 4 is 0 Å². The molecule has 1 unspecified atom stereocenters. The Morgan fingerprint density at radius 3 is 2.81 bits per heavy atom. The van der Waals surface area contributed by atoms with Gasteiger partial charge in [0.05, 0.1) is 11.7 Å². The number of aromatic nitrogens is 2. The first-order valence-electron chi connectivity index (χ1n) is 5.52. The molecule has 2 N–H and O–H groups in total. The van der Waals surface area contributed by atoms with Gasteiger partial charge < -0.3 is 9.73 Å². The van der Waals surface area contributed by atoms with Gasteiger partial charge in [0, 0.05) is 11.8 Å². The highest BCUT2D eigenvalue weighted by Crippen LogP contribution is 2.25. The number of H-pyrrole nitrogens is 1. The third kappa shape index (κ3) is 2.02. The second-order valence-electron chi connectivity index (χ2n) is 3.87. The molecule has 0 spiro atoms. The largest absolute Gasteiger partial charge is 0.466 e. The summed E-state index contributed by atoms with van der Waals surface area (Å²) in [5, 5.41) is 10.4. The van der Waals surface area contributed by atoms with Crippen molar-refractivity contribution in [3.8, 4) is 0 Å². The fourth-order valence-corrected chi connectivity index (χ4v) is 1.96. The SMILES string of the molecule is CCNC(c1ccn[nH]1)c1cc(C)oc1C. The van der Waals surface area contributed by atoms with E-state index in [4.69, 9.17) is 4.42 Å². The van der Waals surface area contributed by atoms with E-state index in [1.54, 1.807) is 6.20 Å². The maximum atomic E-state index is 5.57. The number of rotatable bonds is 4. The molecule has 1 atom stereocenters. The highest BCUT2D eigenvalue weighted by atomic mass is 16.3. The van der Waals surface area contributed by atoms with Crippen LogP contribution in [0.3, 0.4) is 0 Å². The Labute approximate surface area is 95.1 Å². The Bertz CT molecular complexity index is 445. The van der Waals surface area contributed by atoms with E-state index in [-0.39, 0.29) is 6.04 Å². The first-order valence-corrected chi connectivity index (χ1v) is 5.52. The van der Waals surface area contributed by atoms with Crippen LogP contribution in [0, 0.1) is 13.8 Å². The smallest absolute Gasteiger partial charge is 0.106 e. The molecule has 2 aromatic heterocycles. The van der Waals surface area contributed by atoms with Crippen molar-refractivity contribution in [1.29, 1.82) is 0 Å². The summed E-state index contributed by atoms with van der Waals surface area (Å²) in [6, 6.07) is 4.18. The minimum atomic E-state index is 0.130. The summed E-state index contributed by atoms with van der Waals surface area (Å²) in [4.78, 5) is 0. The predicted octanol–water partition coefficient (Wildman–Crippen LogP) is 2.32. The van der Waals surface area contributed by atoms with Crippen LogP contribution in [-0.2, 0) is 0 Å². The van der Waals surface area contributed by atoms with E-state index in [1.165, 1.54) is 5.56 Å². The Kier molecular flexibility index (Phi) is 3.10. The summed E-state index contributed by atoms with van der Waals surface area (Å²) in [6.45, 7) is 6.94. The Morgan fingerprint density at radius 1 is 1.50 bits per heavy atom. The normalized spacial score (nSPS) is 12.9. The minimum Gasteiger partial charge on any atom is -0.466 e. The molecule has 4 heteroatoms. The van der Waals surface area contributed by atoms with Gasteiger partial charge >= 0.3 is 0 Å². The number of nitrogens with one attached hydrogen (secondary N) is 2. The van der Waals surface area contributed by atoms with Crippen molar-refractivity contribution in [2.45, 2.75) is 26.8 Å². The van der Waals surface area contributed by atoms with Crippen molar-refractivity contribution in [3.63, 3.8) is 0 Å². The second-order valence-corrected chi connectivity index (χ2v) is 3.87. The van der Waals surface area contributed by atoms with E-state index >= 15 is 0 Å². The van der Waals surface area contributed by atoms with Gasteiger partial charge in [-0.2, -0.15) is 5.10 Å². The van der Waals surface area contributed by atoms with Gasteiger partial charge in [-0.05, 0) is 32.5 Å². The van der Waals surface area contributed by atoms with E-state index in [2.05, 4.69) is 28.5 Å². The fourth-order valence-electron chi connectivity index (χ4n) is 1.96. The van der Waals surface area contributed by atoms with E-state index in [0.29, 0.717) is 0 Å². The molecule has 86 valence electrons. The van der Waals surface area contributed by atoms with Crippen LogP contribution in [0.25, 0.3) is 0 Å². The van der Waals surface area contributed by atoms with E-state index in [9.17, 15) is 0 Å². The molecule has 0 saturated carbocycles. The molecule has 2 rings (SSSR count). The van der Waals surface area contributed by atoms with Gasteiger partial charge in [0.25, 0.3) is 0 Å². The minimum absolute atomic E-state index is 0.130. The van der Waals surface area contributed by atoms with Crippen molar-refractivity contribution < 1.29 is 4.42 Å². The molecule has 0 aliphatic carbocycles. The van der Waals surface area contributed by atoms with E-state index in [1.807, 2.05) is 19.9 Å². The van der Waals surface area contributed by atoms with Gasteiger partial charge in [-0.3, -0.25) is 5.10 Å². The zero-order chi connectivity index (χ0) is 11.5. The lowest BCUT2D eigenvalue weighted by atomic mass is 10.0. The number of hydrogen-bond acceptors (Lipinski definition) is 3. The van der Waals surface area contributed by atoms with Crippen molar-refractivity contribution in [2.75, 3.05) is 6.54 Å². The predicted molar refractivity (Wildman–Crippen MR) is 62.3 cm³/mol. The van der Waals surface area contributed by atoms with Crippen LogP contribution >= 0.6 is 0 Å². The molecule has 0 aliphatic rings. The monoisotopic (exact) mass is 219 g/mol. The summed E-state index contributed by atoms with van der Waals surface area (Å²) < 4.78 is 5.57. The zero-order valence-electron chi connectivity index (χ0n) is 9.87. The summed E-state index contributed by atoms with van der Waals surface area (Å²) in [6.07, 6.45) is 1.77. The number of furan rings is 1. The highest BCUT2D eigenvalue weighted by Gasteiger charge is 2.19. The maximum absolute atomic E-state index is 5.57. The first kappa shape index (κ1) is 11.0. The molecule has 0 radical (unpaired) electrons. The Balaban J connectivity index is 2.36. The number of aryl methyl sites for hydroxylation is 2. The van der Waals surface area contributed by atoms with E-state index < -0.39 is 0 Å². The average molecular weight is 219 g/mol. The fraction of sp³-hybridized carbons (Fsp3) is 0.417. The van der Waals surface area contributed by atoms with Crippen LogP contribution in [0.5, 0.6) is 0 Å². The first-order chi connectivity index (χ1) is 7.72. The van der Waals surface area contributed by atoms with Crippen LogP contribution < -0.4 is 5.32 Å². The molecule has 0 saturated heterocycles. The van der Waals surface area contributed by atoms with E-state index in [0.717, 1.165) is 23.8 Å². The summed E-state index contributed by atoms with van der Waals surface area (Å²) in [7, 11) is 0. The molecule has 0 bridgehead atoms. The molecule has 2 heterocycles. The molecule has 0 fully saturated rings. The van der Waals surface area contributed by atoms with Crippen LogP contribution in [0.4, 0.5) is 0 Å². The molecular weight excluding hydrogens is 202 g/mol. The number of aromatic amines is 1. The van der Waals surface area contributed by atoms with Crippen LogP contribution in [0.15, 0.2) is 22.7 Å². The van der Waals surface area contributed by atoms with Crippen LogP contribution in [0.1, 0.15) is 35.7 Å². The summed E-state index contributed by atoms with van der Waals surface area (Å²) in [5.74, 6) is 1.90. The number of hydrogen-bond donors (Lipinski definition) is 2. The Hall–Kier alpha value is -1.55. The standard InChI is InChI=1S/C12H17N3O/c1-4-13-12(11-5-6-14-15-11)10-7-8(2)16-9(10)3/h5-7,12-13H,4H2,1-3H3,(H,14,15). The van der Waals surface area contributed by atoms with Gasteiger partial charge in [-0.1, -0.05) is 6.92 Å². The molecule has 4 nitrogen and oxygen atoms in total. The molecule has 16 heavy (non-hydrogen) atoms. The highest BCUT2D eigenvalue weighted by molar-refractivity contribution is 5.30. The lowest BCUT2D eigenvalue weighted by Crippen LogP contribution is -2.22.